The molecule has 0 bridgehead atoms. The third-order valence-corrected chi connectivity index (χ3v) is 2.81. The molecule has 0 amide bonds. The molecule has 0 aliphatic rings. The van der Waals surface area contributed by atoms with Gasteiger partial charge in [0.2, 0.25) is 0 Å². The Morgan fingerprint density at radius 1 is 0.947 bits per heavy atom. The molecule has 96 valence electrons. The normalized spacial score (nSPS) is 10.2. The molecule has 2 N–H and O–H groups in total. The number of hydrogen-bond donors (Lipinski definition) is 2. The van der Waals surface area contributed by atoms with Gasteiger partial charge in [-0.15, -0.1) is 0 Å². The van der Waals surface area contributed by atoms with Crippen LogP contribution in [0.5, 0.6) is 0 Å². The predicted molar refractivity (Wildman–Crippen MR) is 69.2 cm³/mol. The van der Waals surface area contributed by atoms with Gasteiger partial charge in [0.25, 0.3) is 0 Å². The maximum Gasteiger partial charge on any atom is 0.336 e. The van der Waals surface area contributed by atoms with Crippen LogP contribution >= 0.6 is 0 Å². The van der Waals surface area contributed by atoms with Crippen LogP contribution in [0.1, 0.15) is 31.8 Å². The van der Waals surface area contributed by atoms with E-state index in [1.807, 2.05) is 0 Å². The van der Waals surface area contributed by atoms with E-state index >= 15 is 0 Å². The smallest absolute Gasteiger partial charge is 0.336 e. The maximum atomic E-state index is 12.4. The monoisotopic (exact) mass is 256 g/mol. The maximum absolute atomic E-state index is 12.4. The van der Waals surface area contributed by atoms with Gasteiger partial charge in [-0.3, -0.25) is 4.79 Å². The molecule has 19 heavy (non-hydrogen) atoms. The SMILES string of the molecule is O=C(O)c1cccc(CO)c1C(=O)c1ccccc1. The Morgan fingerprint density at radius 3 is 2.21 bits per heavy atom. The van der Waals surface area contributed by atoms with E-state index in [-0.39, 0.29) is 17.7 Å². The highest BCUT2D eigenvalue weighted by Gasteiger charge is 2.20. The summed E-state index contributed by atoms with van der Waals surface area (Å²) in [6.45, 7) is -0.380. The molecule has 4 heteroatoms. The molecule has 0 saturated heterocycles. The van der Waals surface area contributed by atoms with Crippen LogP contribution in [0.4, 0.5) is 0 Å². The third kappa shape index (κ3) is 2.53. The number of aliphatic hydroxyl groups excluding tert-OH is 1. The van der Waals surface area contributed by atoms with E-state index in [0.29, 0.717) is 11.1 Å². The van der Waals surface area contributed by atoms with Crippen molar-refractivity contribution in [2.45, 2.75) is 6.61 Å². The number of carboxylic acids is 1. The van der Waals surface area contributed by atoms with E-state index in [2.05, 4.69) is 0 Å². The van der Waals surface area contributed by atoms with Crippen LogP contribution in [0.25, 0.3) is 0 Å². The predicted octanol–water partition coefficient (Wildman–Crippen LogP) is 2.11. The molecule has 0 radical (unpaired) electrons. The number of aliphatic hydroxyl groups is 1. The molecule has 0 atom stereocenters. The number of carbonyl (C=O) groups is 2. The molecule has 0 unspecified atom stereocenters. The lowest BCUT2D eigenvalue weighted by atomic mass is 9.94. The molecule has 0 saturated carbocycles. The van der Waals surface area contributed by atoms with Crippen LogP contribution in [0.2, 0.25) is 0 Å². The Morgan fingerprint density at radius 2 is 1.63 bits per heavy atom. The zero-order chi connectivity index (χ0) is 13.8. The van der Waals surface area contributed by atoms with Crippen molar-refractivity contribution in [1.29, 1.82) is 0 Å². The van der Waals surface area contributed by atoms with Gasteiger partial charge < -0.3 is 10.2 Å². The first kappa shape index (κ1) is 13.0. The van der Waals surface area contributed by atoms with Crippen LogP contribution in [-0.2, 0) is 6.61 Å². The van der Waals surface area contributed by atoms with Crippen molar-refractivity contribution in [3.63, 3.8) is 0 Å². The van der Waals surface area contributed by atoms with Crippen molar-refractivity contribution in [2.75, 3.05) is 0 Å². The molecule has 4 nitrogen and oxygen atoms in total. The first-order chi connectivity index (χ1) is 9.15. The molecule has 0 aliphatic carbocycles. The Kier molecular flexibility index (Phi) is 3.73. The number of carbonyl (C=O) groups excluding carboxylic acids is 1. The van der Waals surface area contributed by atoms with Gasteiger partial charge in [0.1, 0.15) is 0 Å². The summed E-state index contributed by atoms with van der Waals surface area (Å²) < 4.78 is 0. The fourth-order valence-electron chi connectivity index (χ4n) is 1.91. The second kappa shape index (κ2) is 5.46. The zero-order valence-corrected chi connectivity index (χ0v) is 10.0. The summed E-state index contributed by atoms with van der Waals surface area (Å²) in [5, 5.41) is 18.4. The molecular formula is C15H12O4. The lowest BCUT2D eigenvalue weighted by molar-refractivity contribution is 0.0692. The topological polar surface area (TPSA) is 74.6 Å². The summed E-state index contributed by atoms with van der Waals surface area (Å²) in [4.78, 5) is 23.6. The number of hydrogen-bond acceptors (Lipinski definition) is 3. The van der Waals surface area contributed by atoms with Crippen molar-refractivity contribution in [3.05, 3.63) is 70.8 Å². The fourth-order valence-corrected chi connectivity index (χ4v) is 1.91. The molecule has 2 aromatic carbocycles. The van der Waals surface area contributed by atoms with E-state index in [9.17, 15) is 14.7 Å². The third-order valence-electron chi connectivity index (χ3n) is 2.81. The Bertz CT molecular complexity index is 617. The number of benzene rings is 2. The summed E-state index contributed by atoms with van der Waals surface area (Å²) in [5.41, 5.74) is 0.656. The van der Waals surface area contributed by atoms with E-state index in [4.69, 9.17) is 5.11 Å². The Balaban J connectivity index is 2.61. The number of aromatic carboxylic acids is 1. The summed E-state index contributed by atoms with van der Waals surface area (Å²) in [6, 6.07) is 12.8. The van der Waals surface area contributed by atoms with E-state index in [1.54, 1.807) is 36.4 Å². The Hall–Kier alpha value is -2.46. The summed E-state index contributed by atoms with van der Waals surface area (Å²) in [7, 11) is 0. The van der Waals surface area contributed by atoms with Crippen LogP contribution in [0.3, 0.4) is 0 Å². The lowest BCUT2D eigenvalue weighted by Gasteiger charge is -2.10. The van der Waals surface area contributed by atoms with Gasteiger partial charge >= 0.3 is 5.97 Å². The van der Waals surface area contributed by atoms with Crippen molar-refractivity contribution in [2.24, 2.45) is 0 Å². The summed E-state index contributed by atoms with van der Waals surface area (Å²) in [5.74, 6) is -1.59. The molecule has 2 rings (SSSR count). The zero-order valence-electron chi connectivity index (χ0n) is 10.0. The van der Waals surface area contributed by atoms with Crippen molar-refractivity contribution in [3.8, 4) is 0 Å². The molecule has 0 aromatic heterocycles. The molecule has 0 fully saturated rings. The standard InChI is InChI=1S/C15H12O4/c16-9-11-7-4-8-12(15(18)19)13(11)14(17)10-5-2-1-3-6-10/h1-8,16H,9H2,(H,18,19). The summed E-state index contributed by atoms with van der Waals surface area (Å²) in [6.07, 6.45) is 0. The second-order valence-corrected chi connectivity index (χ2v) is 4.00. The Labute approximate surface area is 109 Å². The largest absolute Gasteiger partial charge is 0.478 e. The number of ketones is 1. The second-order valence-electron chi connectivity index (χ2n) is 4.00. The molecule has 0 heterocycles. The fraction of sp³-hybridized carbons (Fsp3) is 0.0667. The van der Waals surface area contributed by atoms with Gasteiger partial charge in [-0.1, -0.05) is 42.5 Å². The van der Waals surface area contributed by atoms with E-state index < -0.39 is 11.8 Å². The van der Waals surface area contributed by atoms with Crippen LogP contribution in [0.15, 0.2) is 48.5 Å². The van der Waals surface area contributed by atoms with Gasteiger partial charge in [0.15, 0.2) is 5.78 Å². The number of carboxylic acid groups (broad SMARTS) is 1. The minimum absolute atomic E-state index is 0.0451. The molecule has 0 aliphatic heterocycles. The quantitative estimate of drug-likeness (QED) is 0.821. The van der Waals surface area contributed by atoms with Gasteiger partial charge in [0, 0.05) is 11.1 Å². The minimum atomic E-state index is -1.19. The average Bonchev–Trinajstić information content (AvgIpc) is 2.46. The van der Waals surface area contributed by atoms with E-state index in [0.717, 1.165) is 0 Å². The van der Waals surface area contributed by atoms with Crippen LogP contribution in [-0.4, -0.2) is 22.0 Å². The van der Waals surface area contributed by atoms with Crippen LogP contribution < -0.4 is 0 Å². The molecule has 0 spiro atoms. The van der Waals surface area contributed by atoms with Crippen LogP contribution in [0, 0.1) is 0 Å². The molecule has 2 aromatic rings. The average molecular weight is 256 g/mol. The van der Waals surface area contributed by atoms with E-state index in [1.165, 1.54) is 12.1 Å². The van der Waals surface area contributed by atoms with Crippen molar-refractivity contribution in [1.82, 2.24) is 0 Å². The van der Waals surface area contributed by atoms with Gasteiger partial charge in [-0.2, -0.15) is 0 Å². The molecular weight excluding hydrogens is 244 g/mol. The first-order valence-electron chi connectivity index (χ1n) is 5.71. The lowest BCUT2D eigenvalue weighted by Crippen LogP contribution is -2.13. The van der Waals surface area contributed by atoms with Gasteiger partial charge in [0.05, 0.1) is 12.2 Å². The summed E-state index contributed by atoms with van der Waals surface area (Å²) >= 11 is 0. The first-order valence-corrected chi connectivity index (χ1v) is 5.71. The highest BCUT2D eigenvalue weighted by atomic mass is 16.4. The van der Waals surface area contributed by atoms with Gasteiger partial charge in [-0.05, 0) is 11.6 Å². The van der Waals surface area contributed by atoms with Crippen molar-refractivity contribution >= 4 is 11.8 Å². The van der Waals surface area contributed by atoms with Gasteiger partial charge in [-0.25, -0.2) is 4.79 Å². The highest BCUT2D eigenvalue weighted by Crippen LogP contribution is 2.19. The highest BCUT2D eigenvalue weighted by molar-refractivity contribution is 6.15. The number of rotatable bonds is 4. The van der Waals surface area contributed by atoms with Crippen molar-refractivity contribution < 1.29 is 19.8 Å². The minimum Gasteiger partial charge on any atom is -0.478 e.